The molecule has 18 heavy (non-hydrogen) atoms. The lowest BCUT2D eigenvalue weighted by Gasteiger charge is -2.21. The van der Waals surface area contributed by atoms with Crippen LogP contribution in [-0.2, 0) is 19.0 Å². The predicted molar refractivity (Wildman–Crippen MR) is 67.3 cm³/mol. The van der Waals surface area contributed by atoms with Crippen molar-refractivity contribution in [3.63, 3.8) is 0 Å². The van der Waals surface area contributed by atoms with Gasteiger partial charge in [0.25, 0.3) is 0 Å². The zero-order chi connectivity index (χ0) is 12.8. The fraction of sp³-hybridized carbons (Fsp3) is 0.929. The Morgan fingerprint density at radius 3 is 2.89 bits per heavy atom. The standard InChI is InChI=1S/C14H24O4/c1-16-10-17-9-5-4-8-13-14(15)11-6-2-3-7-12(11)18-13/h11-13H,2-10H2,1H3/t11-,12+,13+/m0/s1. The van der Waals surface area contributed by atoms with Crippen LogP contribution in [0, 0.1) is 5.92 Å². The predicted octanol–water partition coefficient (Wildman–Crippen LogP) is 2.30. The van der Waals surface area contributed by atoms with Gasteiger partial charge in [-0.3, -0.25) is 4.79 Å². The number of Topliss-reactive ketones (excluding diaryl/α,β-unsaturated/α-hetero) is 1. The van der Waals surface area contributed by atoms with Gasteiger partial charge in [-0.1, -0.05) is 12.8 Å². The summed E-state index contributed by atoms with van der Waals surface area (Å²) in [5, 5.41) is 0. The third-order valence-electron chi connectivity index (χ3n) is 3.93. The van der Waals surface area contributed by atoms with Crippen LogP contribution in [-0.4, -0.2) is 38.5 Å². The van der Waals surface area contributed by atoms with E-state index in [1.54, 1.807) is 7.11 Å². The largest absolute Gasteiger partial charge is 0.366 e. The SMILES string of the molecule is COCOCCCC[C@H]1O[C@@H]2CCCC[C@@H]2C1=O. The minimum Gasteiger partial charge on any atom is -0.366 e. The van der Waals surface area contributed by atoms with Crippen LogP contribution in [0.25, 0.3) is 0 Å². The molecule has 1 aliphatic carbocycles. The van der Waals surface area contributed by atoms with Gasteiger partial charge in [-0.25, -0.2) is 0 Å². The number of rotatable bonds is 7. The van der Waals surface area contributed by atoms with E-state index in [1.165, 1.54) is 12.8 Å². The van der Waals surface area contributed by atoms with Crippen LogP contribution >= 0.6 is 0 Å². The van der Waals surface area contributed by atoms with E-state index >= 15 is 0 Å². The van der Waals surface area contributed by atoms with Gasteiger partial charge in [0.1, 0.15) is 12.9 Å². The third kappa shape index (κ3) is 3.53. The molecule has 1 saturated carbocycles. The summed E-state index contributed by atoms with van der Waals surface area (Å²) in [5.74, 6) is 0.561. The van der Waals surface area contributed by atoms with Gasteiger partial charge in [0.15, 0.2) is 5.78 Å². The van der Waals surface area contributed by atoms with Crippen molar-refractivity contribution in [1.82, 2.24) is 0 Å². The summed E-state index contributed by atoms with van der Waals surface area (Å²) >= 11 is 0. The van der Waals surface area contributed by atoms with Crippen molar-refractivity contribution in [2.75, 3.05) is 20.5 Å². The quantitative estimate of drug-likeness (QED) is 0.518. The second kappa shape index (κ2) is 7.22. The van der Waals surface area contributed by atoms with Crippen LogP contribution in [0.2, 0.25) is 0 Å². The van der Waals surface area contributed by atoms with E-state index in [1.807, 2.05) is 0 Å². The summed E-state index contributed by atoms with van der Waals surface area (Å²) in [7, 11) is 1.62. The number of carbonyl (C=O) groups is 1. The lowest BCUT2D eigenvalue weighted by atomic mass is 9.84. The van der Waals surface area contributed by atoms with Crippen molar-refractivity contribution >= 4 is 5.78 Å². The molecule has 0 radical (unpaired) electrons. The molecule has 0 N–H and O–H groups in total. The molecular weight excluding hydrogens is 232 g/mol. The summed E-state index contributed by atoms with van der Waals surface area (Å²) in [6, 6.07) is 0. The normalized spacial score (nSPS) is 31.6. The van der Waals surface area contributed by atoms with E-state index in [0.29, 0.717) is 19.2 Å². The van der Waals surface area contributed by atoms with E-state index < -0.39 is 0 Å². The Bertz CT molecular complexity index is 267. The molecule has 2 aliphatic rings. The molecule has 3 atom stereocenters. The van der Waals surface area contributed by atoms with Crippen molar-refractivity contribution < 1.29 is 19.0 Å². The fourth-order valence-corrected chi connectivity index (χ4v) is 2.99. The highest BCUT2D eigenvalue weighted by atomic mass is 16.7. The van der Waals surface area contributed by atoms with Crippen LogP contribution in [0.5, 0.6) is 0 Å². The second-order valence-electron chi connectivity index (χ2n) is 5.27. The van der Waals surface area contributed by atoms with Crippen molar-refractivity contribution in [2.45, 2.75) is 57.2 Å². The Hall–Kier alpha value is -0.450. The molecule has 1 aliphatic heterocycles. The molecule has 0 bridgehead atoms. The lowest BCUT2D eigenvalue weighted by molar-refractivity contribution is -0.124. The molecule has 0 aromatic heterocycles. The van der Waals surface area contributed by atoms with E-state index in [0.717, 1.165) is 32.1 Å². The van der Waals surface area contributed by atoms with Crippen molar-refractivity contribution in [3.05, 3.63) is 0 Å². The van der Waals surface area contributed by atoms with Crippen molar-refractivity contribution in [2.24, 2.45) is 5.92 Å². The molecule has 0 amide bonds. The molecule has 1 saturated heterocycles. The van der Waals surface area contributed by atoms with E-state index in [-0.39, 0.29) is 18.1 Å². The Kier molecular flexibility index (Phi) is 5.60. The van der Waals surface area contributed by atoms with Crippen molar-refractivity contribution in [3.8, 4) is 0 Å². The number of hydrogen-bond donors (Lipinski definition) is 0. The molecule has 0 aromatic rings. The van der Waals surface area contributed by atoms with Gasteiger partial charge >= 0.3 is 0 Å². The minimum atomic E-state index is -0.138. The van der Waals surface area contributed by atoms with E-state index in [9.17, 15) is 4.79 Å². The van der Waals surface area contributed by atoms with Gasteiger partial charge in [-0.15, -0.1) is 0 Å². The molecule has 4 heteroatoms. The number of unbranched alkanes of at least 4 members (excludes halogenated alkanes) is 1. The monoisotopic (exact) mass is 256 g/mol. The summed E-state index contributed by atoms with van der Waals surface area (Å²) in [5.41, 5.74) is 0. The fourth-order valence-electron chi connectivity index (χ4n) is 2.99. The second-order valence-corrected chi connectivity index (χ2v) is 5.27. The van der Waals surface area contributed by atoms with Gasteiger partial charge in [-0.05, 0) is 32.1 Å². The van der Waals surface area contributed by atoms with E-state index in [2.05, 4.69) is 0 Å². The number of ketones is 1. The molecule has 0 aromatic carbocycles. The number of fused-ring (bicyclic) bond motifs is 1. The highest BCUT2D eigenvalue weighted by molar-refractivity contribution is 5.87. The van der Waals surface area contributed by atoms with Crippen LogP contribution < -0.4 is 0 Å². The van der Waals surface area contributed by atoms with Gasteiger partial charge < -0.3 is 14.2 Å². The zero-order valence-electron chi connectivity index (χ0n) is 11.2. The maximum atomic E-state index is 12.1. The first-order valence-corrected chi connectivity index (χ1v) is 7.09. The number of ether oxygens (including phenoxy) is 3. The van der Waals surface area contributed by atoms with Gasteiger partial charge in [-0.2, -0.15) is 0 Å². The van der Waals surface area contributed by atoms with Gasteiger partial charge in [0, 0.05) is 19.6 Å². The lowest BCUT2D eigenvalue weighted by Crippen LogP contribution is -2.24. The molecule has 4 nitrogen and oxygen atoms in total. The maximum absolute atomic E-state index is 12.1. The maximum Gasteiger partial charge on any atom is 0.167 e. The van der Waals surface area contributed by atoms with Crippen LogP contribution in [0.15, 0.2) is 0 Å². The summed E-state index contributed by atoms with van der Waals surface area (Å²) in [4.78, 5) is 12.1. The summed E-state index contributed by atoms with van der Waals surface area (Å²) < 4.78 is 15.9. The molecular formula is C14H24O4. The van der Waals surface area contributed by atoms with Crippen molar-refractivity contribution in [1.29, 1.82) is 0 Å². The Morgan fingerprint density at radius 2 is 2.11 bits per heavy atom. The highest BCUT2D eigenvalue weighted by Gasteiger charge is 2.43. The Morgan fingerprint density at radius 1 is 1.28 bits per heavy atom. The summed E-state index contributed by atoms with van der Waals surface area (Å²) in [6.45, 7) is 1.05. The molecule has 104 valence electrons. The Balaban J connectivity index is 1.63. The third-order valence-corrected chi connectivity index (χ3v) is 3.93. The number of carbonyl (C=O) groups excluding carboxylic acids is 1. The first-order chi connectivity index (χ1) is 8.83. The first-order valence-electron chi connectivity index (χ1n) is 7.09. The smallest absolute Gasteiger partial charge is 0.167 e. The summed E-state index contributed by atoms with van der Waals surface area (Å²) in [6.07, 6.45) is 7.40. The van der Waals surface area contributed by atoms with Crippen LogP contribution in [0.4, 0.5) is 0 Å². The zero-order valence-corrected chi connectivity index (χ0v) is 11.2. The van der Waals surface area contributed by atoms with Gasteiger partial charge in [0.2, 0.25) is 0 Å². The average molecular weight is 256 g/mol. The van der Waals surface area contributed by atoms with E-state index in [4.69, 9.17) is 14.2 Å². The molecule has 0 spiro atoms. The molecule has 0 unspecified atom stereocenters. The average Bonchev–Trinajstić information content (AvgIpc) is 2.71. The number of methoxy groups -OCH3 is 1. The number of hydrogen-bond acceptors (Lipinski definition) is 4. The van der Waals surface area contributed by atoms with Gasteiger partial charge in [0.05, 0.1) is 6.10 Å². The Labute approximate surface area is 109 Å². The molecule has 2 fully saturated rings. The first kappa shape index (κ1) is 14.0. The highest BCUT2D eigenvalue weighted by Crippen LogP contribution is 2.36. The van der Waals surface area contributed by atoms with Crippen LogP contribution in [0.1, 0.15) is 44.9 Å². The molecule has 1 heterocycles. The topological polar surface area (TPSA) is 44.8 Å². The minimum absolute atomic E-state index is 0.138. The molecule has 2 rings (SSSR count). The van der Waals surface area contributed by atoms with Crippen LogP contribution in [0.3, 0.4) is 0 Å².